The Kier molecular flexibility index (Phi) is 6.72. The smallest absolute Gasteiger partial charge is 0.308 e. The van der Waals surface area contributed by atoms with Crippen molar-refractivity contribution in [3.63, 3.8) is 0 Å². The SMILES string of the molecule is CCOCCC(=O)NC1CCC(C(=O)OC)CC1. The summed E-state index contributed by atoms with van der Waals surface area (Å²) < 4.78 is 9.86. The lowest BCUT2D eigenvalue weighted by atomic mass is 9.86. The number of amides is 1. The van der Waals surface area contributed by atoms with Crippen LogP contribution in [0.4, 0.5) is 0 Å². The van der Waals surface area contributed by atoms with E-state index in [1.807, 2.05) is 6.92 Å². The average molecular weight is 257 g/mol. The minimum absolute atomic E-state index is 0.00609. The molecule has 0 spiro atoms. The molecule has 1 aliphatic carbocycles. The summed E-state index contributed by atoms with van der Waals surface area (Å²) in [5.74, 6) is -0.0901. The highest BCUT2D eigenvalue weighted by Crippen LogP contribution is 2.25. The first-order chi connectivity index (χ1) is 8.67. The Hall–Kier alpha value is -1.10. The van der Waals surface area contributed by atoms with Gasteiger partial charge in [0.2, 0.25) is 5.91 Å². The maximum absolute atomic E-state index is 11.6. The molecule has 0 aliphatic heterocycles. The summed E-state index contributed by atoms with van der Waals surface area (Å²) in [5, 5.41) is 2.98. The predicted octanol–water partition coefficient (Wildman–Crippen LogP) is 1.26. The zero-order valence-electron chi connectivity index (χ0n) is 11.2. The van der Waals surface area contributed by atoms with Crippen LogP contribution in [0.3, 0.4) is 0 Å². The molecule has 0 aromatic carbocycles. The molecular weight excluding hydrogens is 234 g/mol. The number of esters is 1. The fraction of sp³-hybridized carbons (Fsp3) is 0.846. The van der Waals surface area contributed by atoms with Crippen LogP contribution in [-0.4, -0.2) is 38.2 Å². The summed E-state index contributed by atoms with van der Waals surface area (Å²) in [7, 11) is 1.42. The van der Waals surface area contributed by atoms with Gasteiger partial charge in [0.15, 0.2) is 0 Å². The van der Waals surface area contributed by atoms with Crippen LogP contribution >= 0.6 is 0 Å². The van der Waals surface area contributed by atoms with Gasteiger partial charge in [0.25, 0.3) is 0 Å². The van der Waals surface area contributed by atoms with Crippen molar-refractivity contribution in [3.8, 4) is 0 Å². The van der Waals surface area contributed by atoms with Gasteiger partial charge >= 0.3 is 5.97 Å². The number of rotatable bonds is 6. The molecule has 0 unspecified atom stereocenters. The van der Waals surface area contributed by atoms with Gasteiger partial charge in [-0.3, -0.25) is 9.59 Å². The fourth-order valence-electron chi connectivity index (χ4n) is 2.25. The van der Waals surface area contributed by atoms with Gasteiger partial charge in [0.1, 0.15) is 0 Å². The molecule has 1 fully saturated rings. The van der Waals surface area contributed by atoms with E-state index in [0.29, 0.717) is 19.6 Å². The molecule has 0 atom stereocenters. The molecule has 5 nitrogen and oxygen atoms in total. The second-order valence-corrected chi connectivity index (χ2v) is 4.59. The summed E-state index contributed by atoms with van der Waals surface area (Å²) in [6.45, 7) is 3.02. The fourth-order valence-corrected chi connectivity index (χ4v) is 2.25. The van der Waals surface area contributed by atoms with Gasteiger partial charge in [-0.1, -0.05) is 0 Å². The van der Waals surface area contributed by atoms with Crippen LogP contribution in [0.1, 0.15) is 39.0 Å². The van der Waals surface area contributed by atoms with Crippen molar-refractivity contribution < 1.29 is 19.1 Å². The van der Waals surface area contributed by atoms with Crippen molar-refractivity contribution >= 4 is 11.9 Å². The van der Waals surface area contributed by atoms with Crippen LogP contribution in [0.2, 0.25) is 0 Å². The first-order valence-corrected chi connectivity index (χ1v) is 6.62. The number of ether oxygens (including phenoxy) is 2. The van der Waals surface area contributed by atoms with Crippen LogP contribution in [0, 0.1) is 5.92 Å². The Morgan fingerprint density at radius 1 is 1.22 bits per heavy atom. The van der Waals surface area contributed by atoms with Gasteiger partial charge in [-0.05, 0) is 32.6 Å². The normalized spacial score (nSPS) is 23.4. The number of hydrogen-bond acceptors (Lipinski definition) is 4. The first-order valence-electron chi connectivity index (χ1n) is 6.62. The monoisotopic (exact) mass is 257 g/mol. The highest BCUT2D eigenvalue weighted by Gasteiger charge is 2.27. The van der Waals surface area contributed by atoms with E-state index in [1.165, 1.54) is 7.11 Å². The maximum Gasteiger partial charge on any atom is 0.308 e. The Morgan fingerprint density at radius 2 is 1.89 bits per heavy atom. The van der Waals surface area contributed by atoms with Crippen molar-refractivity contribution in [2.24, 2.45) is 5.92 Å². The highest BCUT2D eigenvalue weighted by molar-refractivity contribution is 5.76. The van der Waals surface area contributed by atoms with Gasteiger partial charge in [0, 0.05) is 19.1 Å². The molecule has 0 heterocycles. The Balaban J connectivity index is 2.18. The van der Waals surface area contributed by atoms with E-state index in [9.17, 15) is 9.59 Å². The van der Waals surface area contributed by atoms with E-state index >= 15 is 0 Å². The lowest BCUT2D eigenvalue weighted by molar-refractivity contribution is -0.146. The molecule has 0 aromatic heterocycles. The number of carbonyl (C=O) groups is 2. The third kappa shape index (κ3) is 5.04. The van der Waals surface area contributed by atoms with Crippen LogP contribution in [-0.2, 0) is 19.1 Å². The zero-order valence-corrected chi connectivity index (χ0v) is 11.2. The molecular formula is C13H23NO4. The molecule has 1 saturated carbocycles. The number of hydrogen-bond donors (Lipinski definition) is 1. The van der Waals surface area contributed by atoms with Gasteiger partial charge in [-0.25, -0.2) is 0 Å². The lowest BCUT2D eigenvalue weighted by Crippen LogP contribution is -2.39. The average Bonchev–Trinajstić information content (AvgIpc) is 2.39. The largest absolute Gasteiger partial charge is 0.469 e. The van der Waals surface area contributed by atoms with Gasteiger partial charge in [0.05, 0.1) is 19.6 Å². The van der Waals surface area contributed by atoms with Crippen molar-refractivity contribution in [1.82, 2.24) is 5.32 Å². The van der Waals surface area contributed by atoms with Crippen LogP contribution in [0.15, 0.2) is 0 Å². The Bertz CT molecular complexity index is 272. The predicted molar refractivity (Wildman–Crippen MR) is 67.0 cm³/mol. The third-order valence-electron chi connectivity index (χ3n) is 3.30. The maximum atomic E-state index is 11.6. The number of nitrogens with one attached hydrogen (secondary N) is 1. The highest BCUT2D eigenvalue weighted by atomic mass is 16.5. The van der Waals surface area contributed by atoms with E-state index in [4.69, 9.17) is 9.47 Å². The molecule has 1 aliphatic rings. The Morgan fingerprint density at radius 3 is 2.44 bits per heavy atom. The van der Waals surface area contributed by atoms with Crippen LogP contribution in [0.5, 0.6) is 0 Å². The standard InChI is InChI=1S/C13H23NO4/c1-3-18-9-8-12(15)14-11-6-4-10(5-7-11)13(16)17-2/h10-11H,3-9H2,1-2H3,(H,14,15). The lowest BCUT2D eigenvalue weighted by Gasteiger charge is -2.27. The molecule has 1 N–H and O–H groups in total. The van der Waals surface area contributed by atoms with Crippen LogP contribution < -0.4 is 5.32 Å². The van der Waals surface area contributed by atoms with Gasteiger partial charge < -0.3 is 14.8 Å². The minimum atomic E-state index is -0.129. The number of carbonyl (C=O) groups excluding carboxylic acids is 2. The molecule has 0 bridgehead atoms. The quantitative estimate of drug-likeness (QED) is 0.574. The summed E-state index contributed by atoms with van der Waals surface area (Å²) in [5.41, 5.74) is 0. The molecule has 0 aromatic rings. The van der Waals surface area contributed by atoms with E-state index < -0.39 is 0 Å². The van der Waals surface area contributed by atoms with Crippen molar-refractivity contribution in [3.05, 3.63) is 0 Å². The summed E-state index contributed by atoms with van der Waals surface area (Å²) in [6.07, 6.45) is 3.69. The molecule has 1 rings (SSSR count). The molecule has 104 valence electrons. The second kappa shape index (κ2) is 8.08. The first kappa shape index (κ1) is 15.0. The van der Waals surface area contributed by atoms with Crippen LogP contribution in [0.25, 0.3) is 0 Å². The van der Waals surface area contributed by atoms with E-state index in [-0.39, 0.29) is 23.8 Å². The van der Waals surface area contributed by atoms with E-state index in [0.717, 1.165) is 25.7 Å². The third-order valence-corrected chi connectivity index (χ3v) is 3.30. The number of methoxy groups -OCH3 is 1. The molecule has 5 heteroatoms. The second-order valence-electron chi connectivity index (χ2n) is 4.59. The van der Waals surface area contributed by atoms with E-state index in [1.54, 1.807) is 0 Å². The molecule has 18 heavy (non-hydrogen) atoms. The van der Waals surface area contributed by atoms with Crippen molar-refractivity contribution in [2.45, 2.75) is 45.1 Å². The molecule has 0 saturated heterocycles. The van der Waals surface area contributed by atoms with Gasteiger partial charge in [-0.2, -0.15) is 0 Å². The molecule has 0 radical (unpaired) electrons. The van der Waals surface area contributed by atoms with Crippen molar-refractivity contribution in [2.75, 3.05) is 20.3 Å². The van der Waals surface area contributed by atoms with E-state index in [2.05, 4.69) is 5.32 Å². The zero-order chi connectivity index (χ0) is 13.4. The Labute approximate surface area is 108 Å². The summed E-state index contributed by atoms with van der Waals surface area (Å²) >= 11 is 0. The molecule has 1 amide bonds. The van der Waals surface area contributed by atoms with Gasteiger partial charge in [-0.15, -0.1) is 0 Å². The summed E-state index contributed by atoms with van der Waals surface area (Å²) in [4.78, 5) is 22.9. The topological polar surface area (TPSA) is 64.6 Å². The minimum Gasteiger partial charge on any atom is -0.469 e. The summed E-state index contributed by atoms with van der Waals surface area (Å²) in [6, 6.07) is 0.194. The van der Waals surface area contributed by atoms with Crippen molar-refractivity contribution in [1.29, 1.82) is 0 Å².